The fraction of sp³-hybridized carbons (Fsp3) is 0.333. The van der Waals surface area contributed by atoms with Gasteiger partial charge in [0.2, 0.25) is 5.91 Å². The van der Waals surface area contributed by atoms with Gasteiger partial charge in [-0.1, -0.05) is 24.3 Å². The highest BCUT2D eigenvalue weighted by atomic mass is 16.5. The van der Waals surface area contributed by atoms with Crippen LogP contribution in [0.3, 0.4) is 0 Å². The number of hydrogen-bond acceptors (Lipinski definition) is 5. The van der Waals surface area contributed by atoms with E-state index in [0.717, 1.165) is 16.7 Å². The molecule has 27 heavy (non-hydrogen) atoms. The molecule has 2 aromatic carbocycles. The number of aryl methyl sites for hydroxylation is 1. The molecule has 0 bridgehead atoms. The van der Waals surface area contributed by atoms with Crippen LogP contribution in [0.25, 0.3) is 0 Å². The molecule has 1 atom stereocenters. The molecule has 0 heterocycles. The van der Waals surface area contributed by atoms with Crippen LogP contribution >= 0.6 is 0 Å². The van der Waals surface area contributed by atoms with Crippen LogP contribution in [0.1, 0.15) is 33.5 Å². The van der Waals surface area contributed by atoms with Crippen molar-refractivity contribution < 1.29 is 24.3 Å². The zero-order chi connectivity index (χ0) is 19.4. The number of hydrogen-bond donors (Lipinski definition) is 2. The minimum atomic E-state index is -0.403. The van der Waals surface area contributed by atoms with Gasteiger partial charge >= 0.3 is 0 Å². The Bertz CT molecular complexity index is 844. The SMILES string of the molecule is COc1cc2c(cc1OC)C(=O)C(Cc1ccc(CCC(=O)NO)cc1)C2. The second-order valence-corrected chi connectivity index (χ2v) is 6.69. The van der Waals surface area contributed by atoms with Gasteiger partial charge in [-0.3, -0.25) is 14.8 Å². The Kier molecular flexibility index (Phi) is 5.76. The highest BCUT2D eigenvalue weighted by Crippen LogP contribution is 2.37. The van der Waals surface area contributed by atoms with E-state index in [1.165, 1.54) is 0 Å². The van der Waals surface area contributed by atoms with Crippen molar-refractivity contribution in [1.29, 1.82) is 0 Å². The summed E-state index contributed by atoms with van der Waals surface area (Å²) in [5, 5.41) is 8.53. The number of benzene rings is 2. The number of rotatable bonds is 7. The summed E-state index contributed by atoms with van der Waals surface area (Å²) in [6.45, 7) is 0. The van der Waals surface area contributed by atoms with E-state index < -0.39 is 5.91 Å². The third-order valence-corrected chi connectivity index (χ3v) is 4.98. The van der Waals surface area contributed by atoms with Crippen LogP contribution < -0.4 is 15.0 Å². The van der Waals surface area contributed by atoms with Gasteiger partial charge < -0.3 is 9.47 Å². The Labute approximate surface area is 158 Å². The predicted molar refractivity (Wildman–Crippen MR) is 99.5 cm³/mol. The maximum atomic E-state index is 12.8. The van der Waals surface area contributed by atoms with Gasteiger partial charge in [0, 0.05) is 17.9 Å². The number of carbonyl (C=O) groups excluding carboxylic acids is 2. The Hall–Kier alpha value is -2.86. The van der Waals surface area contributed by atoms with Crippen molar-refractivity contribution in [2.75, 3.05) is 14.2 Å². The molecule has 0 spiro atoms. The van der Waals surface area contributed by atoms with Gasteiger partial charge in [0.15, 0.2) is 17.3 Å². The van der Waals surface area contributed by atoms with Crippen LogP contribution in [0.5, 0.6) is 11.5 Å². The molecular weight excluding hydrogens is 346 g/mol. The summed E-state index contributed by atoms with van der Waals surface area (Å²) < 4.78 is 10.6. The molecule has 3 rings (SSSR count). The van der Waals surface area contributed by atoms with E-state index in [1.807, 2.05) is 30.3 Å². The van der Waals surface area contributed by atoms with E-state index in [2.05, 4.69) is 0 Å². The first-order valence-corrected chi connectivity index (χ1v) is 8.85. The predicted octanol–water partition coefficient (Wildman–Crippen LogP) is 2.74. The number of hydroxylamine groups is 1. The molecule has 142 valence electrons. The second kappa shape index (κ2) is 8.22. The van der Waals surface area contributed by atoms with Crippen molar-refractivity contribution in [3.8, 4) is 11.5 Å². The molecule has 1 aliphatic carbocycles. The van der Waals surface area contributed by atoms with Crippen LogP contribution in [0.15, 0.2) is 36.4 Å². The third-order valence-electron chi connectivity index (χ3n) is 4.98. The lowest BCUT2D eigenvalue weighted by atomic mass is 9.95. The lowest BCUT2D eigenvalue weighted by Crippen LogP contribution is -2.18. The van der Waals surface area contributed by atoms with E-state index >= 15 is 0 Å². The van der Waals surface area contributed by atoms with E-state index in [9.17, 15) is 9.59 Å². The molecule has 2 aromatic rings. The molecule has 1 amide bonds. The maximum Gasteiger partial charge on any atom is 0.243 e. The molecule has 0 saturated heterocycles. The molecule has 2 N–H and O–H groups in total. The molecule has 0 aromatic heterocycles. The third kappa shape index (κ3) is 4.11. The molecular formula is C21H23NO5. The van der Waals surface area contributed by atoms with Gasteiger partial charge in [-0.25, -0.2) is 5.48 Å². The van der Waals surface area contributed by atoms with Crippen LogP contribution in [0.2, 0.25) is 0 Å². The number of methoxy groups -OCH3 is 2. The first-order valence-electron chi connectivity index (χ1n) is 8.85. The number of amides is 1. The molecule has 1 aliphatic rings. The molecule has 1 unspecified atom stereocenters. The number of ketones is 1. The lowest BCUT2D eigenvalue weighted by Gasteiger charge is -2.09. The molecule has 0 fully saturated rings. The largest absolute Gasteiger partial charge is 0.493 e. The summed E-state index contributed by atoms with van der Waals surface area (Å²) in [6, 6.07) is 11.6. The average molecular weight is 369 g/mol. The van der Waals surface area contributed by atoms with Gasteiger partial charge in [-0.15, -0.1) is 0 Å². The normalized spacial score (nSPS) is 15.4. The second-order valence-electron chi connectivity index (χ2n) is 6.69. The Morgan fingerprint density at radius 1 is 1.11 bits per heavy atom. The van der Waals surface area contributed by atoms with Crippen molar-refractivity contribution in [2.45, 2.75) is 25.7 Å². The van der Waals surface area contributed by atoms with Crippen LogP contribution in [-0.4, -0.2) is 31.1 Å². The van der Waals surface area contributed by atoms with Gasteiger partial charge in [0.05, 0.1) is 14.2 Å². The fourth-order valence-electron chi connectivity index (χ4n) is 3.50. The quantitative estimate of drug-likeness (QED) is 0.579. The first-order chi connectivity index (χ1) is 13.0. The molecule has 0 saturated carbocycles. The summed E-state index contributed by atoms with van der Waals surface area (Å²) in [5.41, 5.74) is 5.43. The van der Waals surface area contributed by atoms with Crippen molar-refractivity contribution in [3.05, 3.63) is 58.7 Å². The van der Waals surface area contributed by atoms with Gasteiger partial charge in [0.25, 0.3) is 0 Å². The highest BCUT2D eigenvalue weighted by molar-refractivity contribution is 6.03. The van der Waals surface area contributed by atoms with Crippen LogP contribution in [0.4, 0.5) is 0 Å². The van der Waals surface area contributed by atoms with Gasteiger partial charge in [-0.2, -0.15) is 0 Å². The average Bonchev–Trinajstić information content (AvgIpc) is 3.00. The number of nitrogens with one attached hydrogen (secondary N) is 1. The molecule has 6 nitrogen and oxygen atoms in total. The zero-order valence-corrected chi connectivity index (χ0v) is 15.5. The Morgan fingerprint density at radius 3 is 2.37 bits per heavy atom. The monoisotopic (exact) mass is 369 g/mol. The smallest absolute Gasteiger partial charge is 0.243 e. The van der Waals surface area contributed by atoms with E-state index in [1.54, 1.807) is 25.8 Å². The van der Waals surface area contributed by atoms with Crippen molar-refractivity contribution in [2.24, 2.45) is 5.92 Å². The molecule has 0 aliphatic heterocycles. The maximum absolute atomic E-state index is 12.8. The Morgan fingerprint density at radius 2 is 1.74 bits per heavy atom. The summed E-state index contributed by atoms with van der Waals surface area (Å²) >= 11 is 0. The fourth-order valence-corrected chi connectivity index (χ4v) is 3.50. The number of Topliss-reactive ketones (excluding diaryl/α,β-unsaturated/α-hetero) is 1. The zero-order valence-electron chi connectivity index (χ0n) is 15.5. The summed E-state index contributed by atoms with van der Waals surface area (Å²) in [6.07, 6.45) is 2.14. The topological polar surface area (TPSA) is 84.9 Å². The van der Waals surface area contributed by atoms with Gasteiger partial charge in [0.1, 0.15) is 0 Å². The minimum Gasteiger partial charge on any atom is -0.493 e. The molecule has 6 heteroatoms. The minimum absolute atomic E-state index is 0.0946. The number of ether oxygens (including phenoxy) is 2. The van der Waals surface area contributed by atoms with Gasteiger partial charge in [-0.05, 0) is 48.1 Å². The molecule has 0 radical (unpaired) electrons. The van der Waals surface area contributed by atoms with E-state index in [4.69, 9.17) is 14.7 Å². The Balaban J connectivity index is 1.68. The van der Waals surface area contributed by atoms with Crippen molar-refractivity contribution in [3.63, 3.8) is 0 Å². The van der Waals surface area contributed by atoms with E-state index in [-0.39, 0.29) is 18.1 Å². The number of fused-ring (bicyclic) bond motifs is 1. The highest BCUT2D eigenvalue weighted by Gasteiger charge is 2.32. The summed E-state index contributed by atoms with van der Waals surface area (Å²) in [5.74, 6) is 0.846. The summed E-state index contributed by atoms with van der Waals surface area (Å²) in [4.78, 5) is 23.9. The van der Waals surface area contributed by atoms with Crippen LogP contribution in [0, 0.1) is 5.92 Å². The summed E-state index contributed by atoms with van der Waals surface area (Å²) in [7, 11) is 3.15. The van der Waals surface area contributed by atoms with Crippen molar-refractivity contribution >= 4 is 11.7 Å². The number of carbonyl (C=O) groups is 2. The first kappa shape index (κ1) is 18.9. The van der Waals surface area contributed by atoms with Crippen molar-refractivity contribution in [1.82, 2.24) is 5.48 Å². The van der Waals surface area contributed by atoms with E-state index in [0.29, 0.717) is 36.3 Å². The van der Waals surface area contributed by atoms with Crippen LogP contribution in [-0.2, 0) is 24.1 Å². The lowest BCUT2D eigenvalue weighted by molar-refractivity contribution is -0.129. The standard InChI is InChI=1S/C21H23NO5/c1-26-18-11-15-10-16(21(24)17(15)12-19(18)27-2)9-14-5-3-13(4-6-14)7-8-20(23)22-25/h3-6,11-12,16,25H,7-10H2,1-2H3,(H,22,23).